The first-order chi connectivity index (χ1) is 10.9. The lowest BCUT2D eigenvalue weighted by Gasteiger charge is -2.26. The summed E-state index contributed by atoms with van der Waals surface area (Å²) in [5, 5.41) is 3.35. The van der Waals surface area contributed by atoms with Crippen LogP contribution in [-0.4, -0.2) is 78.7 Å². The molecule has 0 aromatic carbocycles. The number of carbonyl (C=O) groups is 1. The first kappa shape index (κ1) is 18.9. The summed E-state index contributed by atoms with van der Waals surface area (Å²) in [7, 11) is 0. The van der Waals surface area contributed by atoms with Gasteiger partial charge in [-0.2, -0.15) is 24.9 Å². The van der Waals surface area contributed by atoms with Crippen molar-refractivity contribution in [3.8, 4) is 0 Å². The van der Waals surface area contributed by atoms with Gasteiger partial charge in [0.2, 0.25) is 5.91 Å². The van der Waals surface area contributed by atoms with Gasteiger partial charge in [-0.1, -0.05) is 6.92 Å². The number of nitrogens with one attached hydrogen (secondary N) is 1. The van der Waals surface area contributed by atoms with Gasteiger partial charge < -0.3 is 10.2 Å². The molecule has 2 atom stereocenters. The second kappa shape index (κ2) is 8.58. The number of likely N-dealkylation sites (tertiary alicyclic amines) is 1. The number of halogens is 3. The van der Waals surface area contributed by atoms with Gasteiger partial charge in [-0.3, -0.25) is 9.69 Å². The van der Waals surface area contributed by atoms with Crippen molar-refractivity contribution >= 4 is 17.7 Å². The third-order valence-electron chi connectivity index (χ3n) is 4.42. The predicted molar refractivity (Wildman–Crippen MR) is 86.6 cm³/mol. The maximum atomic E-state index is 12.5. The highest BCUT2D eigenvalue weighted by molar-refractivity contribution is 7.99. The Morgan fingerprint density at radius 1 is 1.43 bits per heavy atom. The minimum absolute atomic E-state index is 0.131. The third kappa shape index (κ3) is 6.51. The molecule has 1 N–H and O–H groups in total. The van der Waals surface area contributed by atoms with Gasteiger partial charge in [-0.05, 0) is 18.9 Å². The smallest absolute Gasteiger partial charge is 0.342 e. The van der Waals surface area contributed by atoms with E-state index in [1.165, 1.54) is 4.90 Å². The molecule has 2 rings (SSSR count). The van der Waals surface area contributed by atoms with E-state index in [1.54, 1.807) is 6.92 Å². The molecule has 0 aliphatic carbocycles. The minimum Gasteiger partial charge on any atom is -0.342 e. The van der Waals surface area contributed by atoms with Gasteiger partial charge in [0.1, 0.15) is 0 Å². The number of rotatable bonds is 6. The van der Waals surface area contributed by atoms with Gasteiger partial charge in [-0.15, -0.1) is 0 Å². The lowest BCUT2D eigenvalue weighted by molar-refractivity contribution is -0.146. The van der Waals surface area contributed by atoms with Crippen molar-refractivity contribution in [1.29, 1.82) is 0 Å². The zero-order chi connectivity index (χ0) is 16.9. The molecule has 1 amide bonds. The first-order valence-electron chi connectivity index (χ1n) is 8.25. The number of alkyl halides is 3. The van der Waals surface area contributed by atoms with E-state index < -0.39 is 12.7 Å². The summed E-state index contributed by atoms with van der Waals surface area (Å²) in [6.45, 7) is 3.88. The van der Waals surface area contributed by atoms with Crippen LogP contribution in [0.15, 0.2) is 0 Å². The molecule has 0 saturated carbocycles. The molecule has 0 spiro atoms. The summed E-state index contributed by atoms with van der Waals surface area (Å²) in [4.78, 5) is 15.6. The zero-order valence-corrected chi connectivity index (χ0v) is 14.4. The van der Waals surface area contributed by atoms with Crippen LogP contribution in [0, 0.1) is 5.92 Å². The highest BCUT2D eigenvalue weighted by atomic mass is 32.2. The topological polar surface area (TPSA) is 35.6 Å². The van der Waals surface area contributed by atoms with Crippen molar-refractivity contribution in [1.82, 2.24) is 15.1 Å². The second-order valence-corrected chi connectivity index (χ2v) is 7.52. The van der Waals surface area contributed by atoms with Crippen LogP contribution in [0.2, 0.25) is 0 Å². The fourth-order valence-electron chi connectivity index (χ4n) is 3.22. The Kier molecular flexibility index (Phi) is 7.03. The molecule has 4 nitrogen and oxygen atoms in total. The van der Waals surface area contributed by atoms with Gasteiger partial charge in [0.25, 0.3) is 0 Å². The van der Waals surface area contributed by atoms with Crippen molar-refractivity contribution in [2.45, 2.75) is 32.0 Å². The van der Waals surface area contributed by atoms with E-state index in [-0.39, 0.29) is 17.9 Å². The summed E-state index contributed by atoms with van der Waals surface area (Å²) in [6.07, 6.45) is -2.86. The van der Waals surface area contributed by atoms with E-state index in [1.807, 2.05) is 16.7 Å². The van der Waals surface area contributed by atoms with Crippen LogP contribution >= 0.6 is 11.8 Å². The van der Waals surface area contributed by atoms with Crippen molar-refractivity contribution in [2.24, 2.45) is 5.92 Å². The Hall–Kier alpha value is -0.470. The minimum atomic E-state index is -4.16. The molecule has 2 saturated heterocycles. The molecule has 23 heavy (non-hydrogen) atoms. The van der Waals surface area contributed by atoms with Gasteiger partial charge in [0, 0.05) is 50.1 Å². The van der Waals surface area contributed by atoms with Crippen LogP contribution in [0.1, 0.15) is 19.8 Å². The Labute approximate surface area is 140 Å². The van der Waals surface area contributed by atoms with Crippen molar-refractivity contribution in [3.05, 3.63) is 0 Å². The Morgan fingerprint density at radius 3 is 2.83 bits per heavy atom. The lowest BCUT2D eigenvalue weighted by Crippen LogP contribution is -2.42. The summed E-state index contributed by atoms with van der Waals surface area (Å²) in [5.74, 6) is 2.32. The normalized spacial score (nSPS) is 26.0. The van der Waals surface area contributed by atoms with Crippen molar-refractivity contribution < 1.29 is 18.0 Å². The molecular formula is C15H26F3N3OS. The molecule has 2 unspecified atom stereocenters. The molecule has 134 valence electrons. The fraction of sp³-hybridized carbons (Fsp3) is 0.933. The highest BCUT2D eigenvalue weighted by Crippen LogP contribution is 2.22. The molecule has 0 bridgehead atoms. The molecule has 2 heterocycles. The monoisotopic (exact) mass is 353 g/mol. The van der Waals surface area contributed by atoms with Crippen LogP contribution in [0.25, 0.3) is 0 Å². The SMILES string of the molecule is CCN(CC1CCN(C(=O)CC2CSCCN2)C1)CC(F)(F)F. The summed E-state index contributed by atoms with van der Waals surface area (Å²) in [6, 6.07) is 0.234. The van der Waals surface area contributed by atoms with Crippen LogP contribution in [-0.2, 0) is 4.79 Å². The third-order valence-corrected chi connectivity index (χ3v) is 5.56. The van der Waals surface area contributed by atoms with Crippen LogP contribution < -0.4 is 5.32 Å². The fourth-order valence-corrected chi connectivity index (χ4v) is 4.17. The number of hydrogen-bond donors (Lipinski definition) is 1. The van der Waals surface area contributed by atoms with E-state index in [9.17, 15) is 18.0 Å². The average molecular weight is 353 g/mol. The molecular weight excluding hydrogens is 327 g/mol. The molecule has 2 aliphatic heterocycles. The number of thioether (sulfide) groups is 1. The van der Waals surface area contributed by atoms with E-state index in [0.29, 0.717) is 32.6 Å². The van der Waals surface area contributed by atoms with Crippen molar-refractivity contribution in [3.63, 3.8) is 0 Å². The molecule has 2 aliphatic rings. The van der Waals surface area contributed by atoms with Crippen LogP contribution in [0.5, 0.6) is 0 Å². The largest absolute Gasteiger partial charge is 0.401 e. The molecule has 0 radical (unpaired) electrons. The number of hydrogen-bond acceptors (Lipinski definition) is 4. The standard InChI is InChI=1S/C15H26F3N3OS/c1-2-20(11-15(16,17)18)8-12-3-5-21(9-12)14(22)7-13-10-23-6-4-19-13/h12-13,19H,2-11H2,1H3. The van der Waals surface area contributed by atoms with Crippen LogP contribution in [0.3, 0.4) is 0 Å². The van der Waals surface area contributed by atoms with Crippen molar-refractivity contribution in [2.75, 3.05) is 50.8 Å². The Balaban J connectivity index is 1.75. The van der Waals surface area contributed by atoms with E-state index >= 15 is 0 Å². The molecule has 0 aromatic rings. The molecule has 0 aromatic heterocycles. The summed E-state index contributed by atoms with van der Waals surface area (Å²) in [5.41, 5.74) is 0. The maximum Gasteiger partial charge on any atom is 0.401 e. The molecule has 8 heteroatoms. The van der Waals surface area contributed by atoms with Gasteiger partial charge in [0.05, 0.1) is 6.54 Å². The first-order valence-corrected chi connectivity index (χ1v) is 9.41. The lowest BCUT2D eigenvalue weighted by atomic mass is 10.1. The van der Waals surface area contributed by atoms with E-state index in [2.05, 4.69) is 5.32 Å². The number of carbonyl (C=O) groups excluding carboxylic acids is 1. The number of amides is 1. The zero-order valence-electron chi connectivity index (χ0n) is 13.6. The highest BCUT2D eigenvalue weighted by Gasteiger charge is 2.33. The quantitative estimate of drug-likeness (QED) is 0.790. The van der Waals surface area contributed by atoms with E-state index in [0.717, 1.165) is 24.5 Å². The maximum absolute atomic E-state index is 12.5. The Bertz CT molecular complexity index is 389. The Morgan fingerprint density at radius 2 is 2.22 bits per heavy atom. The summed E-state index contributed by atoms with van der Waals surface area (Å²) >= 11 is 1.86. The second-order valence-electron chi connectivity index (χ2n) is 6.37. The predicted octanol–water partition coefficient (Wildman–Crippen LogP) is 1.81. The van der Waals surface area contributed by atoms with Gasteiger partial charge in [0.15, 0.2) is 0 Å². The number of nitrogens with zero attached hydrogens (tertiary/aromatic N) is 2. The van der Waals surface area contributed by atoms with Gasteiger partial charge in [-0.25, -0.2) is 0 Å². The van der Waals surface area contributed by atoms with E-state index in [4.69, 9.17) is 0 Å². The molecule has 2 fully saturated rings. The van der Waals surface area contributed by atoms with Crippen LogP contribution in [0.4, 0.5) is 13.2 Å². The van der Waals surface area contributed by atoms with Gasteiger partial charge >= 0.3 is 6.18 Å². The average Bonchev–Trinajstić information content (AvgIpc) is 2.95. The summed E-state index contributed by atoms with van der Waals surface area (Å²) < 4.78 is 37.6.